The van der Waals surface area contributed by atoms with Crippen molar-refractivity contribution in [2.75, 3.05) is 18.5 Å². The summed E-state index contributed by atoms with van der Waals surface area (Å²) in [6.07, 6.45) is 6.04. The number of carbonyl (C=O) groups excluding carboxylic acids is 2. The summed E-state index contributed by atoms with van der Waals surface area (Å²) in [5, 5.41) is 49.5. The topological polar surface area (TPSA) is 215 Å². The van der Waals surface area contributed by atoms with Gasteiger partial charge in [-0.2, -0.15) is 0 Å². The Labute approximate surface area is 246 Å². The van der Waals surface area contributed by atoms with E-state index in [0.29, 0.717) is 17.6 Å². The molecule has 2 amide bonds. The average molecular weight is 594 g/mol. The van der Waals surface area contributed by atoms with Crippen LogP contribution in [-0.2, 0) is 14.3 Å². The number of carbonyl (C=O) groups is 2. The molecule has 1 fully saturated rings. The largest absolute Gasteiger partial charge is 0.394 e. The second-order valence-corrected chi connectivity index (χ2v) is 11.4. The van der Waals surface area contributed by atoms with Crippen LogP contribution in [0.3, 0.4) is 0 Å². The van der Waals surface area contributed by atoms with Gasteiger partial charge in [0.15, 0.2) is 17.7 Å². The van der Waals surface area contributed by atoms with Gasteiger partial charge >= 0.3 is 0 Å². The number of imidazole rings is 1. The minimum atomic E-state index is -1.59. The Balaban J connectivity index is 1.41. The van der Waals surface area contributed by atoms with Crippen molar-refractivity contribution < 1.29 is 34.8 Å². The summed E-state index contributed by atoms with van der Waals surface area (Å²) in [6.45, 7) is 3.43. The highest BCUT2D eigenvalue weighted by molar-refractivity contribution is 5.85. The van der Waals surface area contributed by atoms with Gasteiger partial charge in [-0.3, -0.25) is 9.59 Å². The second-order valence-electron chi connectivity index (χ2n) is 11.4. The number of nitrogens with zero attached hydrogens (tertiary/aromatic N) is 3. The first-order valence-electron chi connectivity index (χ1n) is 15.0. The van der Waals surface area contributed by atoms with Crippen molar-refractivity contribution in [2.24, 2.45) is 5.92 Å². The van der Waals surface area contributed by atoms with Gasteiger partial charge in [0.05, 0.1) is 25.5 Å². The summed E-state index contributed by atoms with van der Waals surface area (Å²) in [6, 6.07) is -1.27. The lowest BCUT2D eigenvalue weighted by atomic mass is 9.92. The number of aromatic nitrogens is 4. The van der Waals surface area contributed by atoms with Crippen molar-refractivity contribution in [3.63, 3.8) is 0 Å². The fourth-order valence-electron chi connectivity index (χ4n) is 5.05. The molecule has 236 valence electrons. The van der Waals surface area contributed by atoms with E-state index in [1.54, 1.807) is 0 Å². The molecule has 14 heteroatoms. The molecule has 0 spiro atoms. The third-order valence-electron chi connectivity index (χ3n) is 7.46. The Hall–Kier alpha value is -2.91. The zero-order chi connectivity index (χ0) is 30.5. The molecule has 3 rings (SSSR count). The van der Waals surface area contributed by atoms with E-state index in [1.165, 1.54) is 44.8 Å². The Morgan fingerprint density at radius 1 is 0.976 bits per heavy atom. The van der Waals surface area contributed by atoms with E-state index in [2.05, 4.69) is 49.7 Å². The standard InChI is InChI=1S/C28H47N7O7/c1-17(2)11-9-7-5-3-4-6-8-10-12-19(38)29-13-20(39)34-21-23(40)24(41)28(42-25(21)18(37)14-36)35-27-22-26(31-15-30-22)32-16-33-27/h15-18,21,23-25,28,36-37,40-41H,3-14H2,1-2H3,(H,29,38)(H,34,39)(H2,30,31,32,33,35)/t18-,21+,23+,24+,25-,28-/m0/s1. The third kappa shape index (κ3) is 10.1. The fraction of sp³-hybridized carbons (Fsp3) is 0.750. The zero-order valence-corrected chi connectivity index (χ0v) is 24.5. The van der Waals surface area contributed by atoms with Gasteiger partial charge in [-0.25, -0.2) is 15.0 Å². The number of rotatable bonds is 18. The quantitative estimate of drug-likeness (QED) is 0.113. The van der Waals surface area contributed by atoms with E-state index >= 15 is 0 Å². The number of hydrogen-bond acceptors (Lipinski definition) is 11. The molecular formula is C28H47N7O7. The summed E-state index contributed by atoms with van der Waals surface area (Å²) in [7, 11) is 0. The molecule has 8 N–H and O–H groups in total. The number of hydrogen-bond donors (Lipinski definition) is 8. The van der Waals surface area contributed by atoms with Crippen LogP contribution >= 0.6 is 0 Å². The first kappa shape index (κ1) is 33.6. The highest BCUT2D eigenvalue weighted by atomic mass is 16.5. The summed E-state index contributed by atoms with van der Waals surface area (Å²) in [4.78, 5) is 39.8. The third-order valence-corrected chi connectivity index (χ3v) is 7.46. The molecular weight excluding hydrogens is 546 g/mol. The van der Waals surface area contributed by atoms with Crippen LogP contribution in [0, 0.1) is 5.92 Å². The molecule has 0 aliphatic carbocycles. The molecule has 42 heavy (non-hydrogen) atoms. The minimum absolute atomic E-state index is 0.230. The molecule has 3 heterocycles. The minimum Gasteiger partial charge on any atom is -0.394 e. The smallest absolute Gasteiger partial charge is 0.239 e. The van der Waals surface area contributed by atoms with Gasteiger partial charge in [0.1, 0.15) is 36.3 Å². The fourth-order valence-corrected chi connectivity index (χ4v) is 5.05. The molecule has 0 aromatic carbocycles. The second kappa shape index (κ2) is 17.3. The molecule has 1 aliphatic heterocycles. The lowest BCUT2D eigenvalue weighted by molar-refractivity contribution is -0.204. The lowest BCUT2D eigenvalue weighted by Gasteiger charge is -2.44. The SMILES string of the molecule is CC(C)CCCCCCCCCCC(=O)NCC(=O)N[C@@H]1[C@@H](O)[C@@H](O)[C@@H](Nc2ncnc3nc[nH]c23)O[C@H]1[C@@H](O)CO. The van der Waals surface area contributed by atoms with E-state index in [-0.39, 0.29) is 18.3 Å². The van der Waals surface area contributed by atoms with E-state index in [0.717, 1.165) is 31.6 Å². The number of anilines is 1. The van der Waals surface area contributed by atoms with Crippen LogP contribution in [0.5, 0.6) is 0 Å². The van der Waals surface area contributed by atoms with Crippen molar-refractivity contribution in [3.8, 4) is 0 Å². The molecule has 2 aromatic rings. The first-order valence-corrected chi connectivity index (χ1v) is 15.0. The van der Waals surface area contributed by atoms with Gasteiger partial charge < -0.3 is 46.1 Å². The van der Waals surface area contributed by atoms with Crippen LogP contribution < -0.4 is 16.0 Å². The molecule has 1 aliphatic rings. The number of nitrogens with one attached hydrogen (secondary N) is 4. The summed E-state index contributed by atoms with van der Waals surface area (Å²) < 4.78 is 5.78. The van der Waals surface area contributed by atoms with Crippen molar-refractivity contribution >= 4 is 28.8 Å². The van der Waals surface area contributed by atoms with E-state index in [4.69, 9.17) is 4.74 Å². The van der Waals surface area contributed by atoms with Gasteiger partial charge in [0.25, 0.3) is 0 Å². The molecule has 0 saturated carbocycles. The normalized spacial score (nSPS) is 23.2. The Morgan fingerprint density at radius 2 is 1.67 bits per heavy atom. The number of amides is 2. The summed E-state index contributed by atoms with van der Waals surface area (Å²) >= 11 is 0. The average Bonchev–Trinajstić information content (AvgIpc) is 3.46. The summed E-state index contributed by atoms with van der Waals surface area (Å²) in [5.74, 6) is 0.0943. The van der Waals surface area contributed by atoms with Gasteiger partial charge in [-0.05, 0) is 12.3 Å². The monoisotopic (exact) mass is 593 g/mol. The number of H-pyrrole nitrogens is 1. The Kier molecular flexibility index (Phi) is 13.8. The van der Waals surface area contributed by atoms with Crippen LogP contribution in [0.15, 0.2) is 12.7 Å². The molecule has 0 bridgehead atoms. The predicted molar refractivity (Wildman–Crippen MR) is 155 cm³/mol. The van der Waals surface area contributed by atoms with Crippen LogP contribution in [0.2, 0.25) is 0 Å². The maximum absolute atomic E-state index is 12.6. The van der Waals surface area contributed by atoms with Crippen molar-refractivity contribution in [1.29, 1.82) is 0 Å². The molecule has 2 aromatic heterocycles. The first-order chi connectivity index (χ1) is 20.2. The van der Waals surface area contributed by atoms with Gasteiger partial charge in [-0.1, -0.05) is 65.2 Å². The van der Waals surface area contributed by atoms with Crippen molar-refractivity contribution in [2.45, 2.75) is 115 Å². The van der Waals surface area contributed by atoms with Crippen LogP contribution in [0.4, 0.5) is 5.82 Å². The maximum Gasteiger partial charge on any atom is 0.239 e. The number of ether oxygens (including phenoxy) is 1. The molecule has 0 unspecified atom stereocenters. The summed E-state index contributed by atoms with van der Waals surface area (Å²) in [5.41, 5.74) is 0.793. The molecule has 0 radical (unpaired) electrons. The Bertz CT molecular complexity index is 1100. The lowest BCUT2D eigenvalue weighted by Crippen LogP contribution is -2.68. The Morgan fingerprint density at radius 3 is 2.36 bits per heavy atom. The molecule has 6 atom stereocenters. The van der Waals surface area contributed by atoms with E-state index in [1.807, 2.05) is 0 Å². The predicted octanol–water partition coefficient (Wildman–Crippen LogP) is 0.723. The van der Waals surface area contributed by atoms with Crippen molar-refractivity contribution in [3.05, 3.63) is 12.7 Å². The number of unbranched alkanes of at least 4 members (excludes halogenated alkanes) is 7. The van der Waals surface area contributed by atoms with Crippen LogP contribution in [0.25, 0.3) is 11.2 Å². The number of aliphatic hydroxyl groups is 4. The van der Waals surface area contributed by atoms with E-state index < -0.39 is 49.2 Å². The highest BCUT2D eigenvalue weighted by Crippen LogP contribution is 2.26. The number of aromatic amines is 1. The van der Waals surface area contributed by atoms with Gasteiger partial charge in [0.2, 0.25) is 11.8 Å². The molecule has 1 saturated heterocycles. The van der Waals surface area contributed by atoms with Crippen LogP contribution in [-0.4, -0.2) is 102 Å². The van der Waals surface area contributed by atoms with Gasteiger partial charge in [-0.15, -0.1) is 0 Å². The zero-order valence-electron chi connectivity index (χ0n) is 24.5. The van der Waals surface area contributed by atoms with Crippen LogP contribution in [0.1, 0.15) is 78.1 Å². The van der Waals surface area contributed by atoms with Gasteiger partial charge in [0, 0.05) is 6.42 Å². The number of aliphatic hydroxyl groups excluding tert-OH is 4. The highest BCUT2D eigenvalue weighted by Gasteiger charge is 2.48. The number of fused-ring (bicyclic) bond motifs is 1. The van der Waals surface area contributed by atoms with E-state index in [9.17, 15) is 30.0 Å². The van der Waals surface area contributed by atoms with Crippen molar-refractivity contribution in [1.82, 2.24) is 30.6 Å². The molecule has 14 nitrogen and oxygen atoms in total. The maximum atomic E-state index is 12.6.